The van der Waals surface area contributed by atoms with Gasteiger partial charge in [-0.15, -0.1) is 0 Å². The largest absolute Gasteiger partial charge is 0.493 e. The maximum Gasteiger partial charge on any atom is 0.205 e. The lowest BCUT2D eigenvalue weighted by Gasteiger charge is -2.14. The third-order valence-electron chi connectivity index (χ3n) is 2.63. The lowest BCUT2D eigenvalue weighted by atomic mass is 10.1. The summed E-state index contributed by atoms with van der Waals surface area (Å²) in [7, 11) is 4.60. The van der Waals surface area contributed by atoms with E-state index >= 15 is 0 Å². The molecule has 1 aromatic heterocycles. The molecule has 0 radical (unpaired) electrons. The van der Waals surface area contributed by atoms with Crippen LogP contribution in [0, 0.1) is 0 Å². The summed E-state index contributed by atoms with van der Waals surface area (Å²) in [6.07, 6.45) is 0.690. The Kier molecular flexibility index (Phi) is 3.32. The number of fused-ring (bicyclic) bond motifs is 1. The summed E-state index contributed by atoms with van der Waals surface area (Å²) in [5.41, 5.74) is 0.910. The standard InChI is InChI=1S/C13H13NO4/c1-16-10-6-8-4-5-9(7-15)14-11(8)13(18-3)12(10)17-2/h4-7H,1-3H3. The lowest BCUT2D eigenvalue weighted by molar-refractivity contribution is 0.111. The molecule has 0 bridgehead atoms. The molecule has 0 atom stereocenters. The number of aldehydes is 1. The molecule has 0 amide bonds. The number of hydrogen-bond acceptors (Lipinski definition) is 5. The van der Waals surface area contributed by atoms with Crippen molar-refractivity contribution in [3.63, 3.8) is 0 Å². The van der Waals surface area contributed by atoms with Crippen LogP contribution in [-0.4, -0.2) is 32.6 Å². The molecule has 2 rings (SSSR count). The van der Waals surface area contributed by atoms with E-state index in [1.165, 1.54) is 14.2 Å². The van der Waals surface area contributed by atoms with Gasteiger partial charge in [-0.3, -0.25) is 4.79 Å². The van der Waals surface area contributed by atoms with E-state index in [1.807, 2.05) is 0 Å². The molecule has 0 aliphatic rings. The molecule has 1 heterocycles. The summed E-state index contributed by atoms with van der Waals surface area (Å²) in [5, 5.41) is 0.815. The zero-order chi connectivity index (χ0) is 13.1. The maximum absolute atomic E-state index is 10.8. The van der Waals surface area contributed by atoms with Crippen molar-refractivity contribution in [2.75, 3.05) is 21.3 Å². The minimum atomic E-state index is 0.341. The van der Waals surface area contributed by atoms with Crippen LogP contribution in [0.1, 0.15) is 10.5 Å². The van der Waals surface area contributed by atoms with E-state index in [0.717, 1.165) is 5.39 Å². The minimum absolute atomic E-state index is 0.341. The average Bonchev–Trinajstić information content (AvgIpc) is 2.44. The molecule has 1 aromatic carbocycles. The summed E-state index contributed by atoms with van der Waals surface area (Å²) in [6.45, 7) is 0. The van der Waals surface area contributed by atoms with Crippen molar-refractivity contribution in [2.45, 2.75) is 0 Å². The van der Waals surface area contributed by atoms with Crippen LogP contribution in [0.25, 0.3) is 10.9 Å². The molecule has 5 heteroatoms. The van der Waals surface area contributed by atoms with Gasteiger partial charge in [0.2, 0.25) is 5.75 Å². The smallest absolute Gasteiger partial charge is 0.205 e. The Labute approximate surface area is 104 Å². The van der Waals surface area contributed by atoms with Gasteiger partial charge in [-0.25, -0.2) is 4.98 Å². The summed E-state index contributed by atoms with van der Waals surface area (Å²) in [5.74, 6) is 1.47. The normalized spacial score (nSPS) is 10.2. The SMILES string of the molecule is COc1cc2ccc(C=O)nc2c(OC)c1OC. The van der Waals surface area contributed by atoms with Gasteiger partial charge in [0, 0.05) is 5.39 Å². The Balaban J connectivity index is 2.83. The predicted molar refractivity (Wildman–Crippen MR) is 66.8 cm³/mol. The number of nitrogens with zero attached hydrogens (tertiary/aromatic N) is 1. The van der Waals surface area contributed by atoms with Gasteiger partial charge in [-0.1, -0.05) is 6.07 Å². The maximum atomic E-state index is 10.8. The first-order valence-electron chi connectivity index (χ1n) is 5.30. The number of hydrogen-bond donors (Lipinski definition) is 0. The Bertz CT molecular complexity index is 595. The molecule has 0 saturated carbocycles. The highest BCUT2D eigenvalue weighted by molar-refractivity contribution is 5.91. The fourth-order valence-electron chi connectivity index (χ4n) is 1.81. The molecule has 2 aromatic rings. The number of carbonyl (C=O) groups is 1. The third-order valence-corrected chi connectivity index (χ3v) is 2.63. The monoisotopic (exact) mass is 247 g/mol. The second-order valence-electron chi connectivity index (χ2n) is 3.57. The molecule has 5 nitrogen and oxygen atoms in total. The highest BCUT2D eigenvalue weighted by Gasteiger charge is 2.17. The van der Waals surface area contributed by atoms with Crippen LogP contribution in [0.2, 0.25) is 0 Å². The van der Waals surface area contributed by atoms with E-state index in [4.69, 9.17) is 14.2 Å². The van der Waals surface area contributed by atoms with E-state index in [2.05, 4.69) is 4.98 Å². The zero-order valence-electron chi connectivity index (χ0n) is 10.4. The third kappa shape index (κ3) is 1.84. The molecule has 0 saturated heterocycles. The van der Waals surface area contributed by atoms with E-state index < -0.39 is 0 Å². The van der Waals surface area contributed by atoms with Crippen LogP contribution >= 0.6 is 0 Å². The molecule has 94 valence electrons. The van der Waals surface area contributed by atoms with Crippen molar-refractivity contribution in [2.24, 2.45) is 0 Å². The minimum Gasteiger partial charge on any atom is -0.493 e. The van der Waals surface area contributed by atoms with Gasteiger partial charge in [-0.05, 0) is 12.1 Å². The van der Waals surface area contributed by atoms with Gasteiger partial charge in [0.25, 0.3) is 0 Å². The van der Waals surface area contributed by atoms with E-state index in [9.17, 15) is 4.79 Å². The van der Waals surface area contributed by atoms with Crippen LogP contribution in [0.3, 0.4) is 0 Å². The molecular formula is C13H13NO4. The molecule has 0 spiro atoms. The van der Waals surface area contributed by atoms with Gasteiger partial charge in [0.1, 0.15) is 11.2 Å². The van der Waals surface area contributed by atoms with Gasteiger partial charge in [-0.2, -0.15) is 0 Å². The van der Waals surface area contributed by atoms with E-state index in [0.29, 0.717) is 34.7 Å². The molecular weight excluding hydrogens is 234 g/mol. The Morgan fingerprint density at radius 1 is 1.06 bits per heavy atom. The average molecular weight is 247 g/mol. The highest BCUT2D eigenvalue weighted by Crippen LogP contribution is 2.42. The topological polar surface area (TPSA) is 57.7 Å². The first kappa shape index (κ1) is 12.2. The quantitative estimate of drug-likeness (QED) is 0.774. The lowest BCUT2D eigenvalue weighted by Crippen LogP contribution is -1.98. The van der Waals surface area contributed by atoms with Crippen LogP contribution in [0.5, 0.6) is 17.2 Å². The van der Waals surface area contributed by atoms with Crippen LogP contribution in [0.4, 0.5) is 0 Å². The molecule has 0 fully saturated rings. The van der Waals surface area contributed by atoms with Gasteiger partial charge in [0.15, 0.2) is 17.8 Å². The first-order valence-corrected chi connectivity index (χ1v) is 5.30. The first-order chi connectivity index (χ1) is 8.74. The zero-order valence-corrected chi connectivity index (χ0v) is 10.4. The van der Waals surface area contributed by atoms with Crippen molar-refractivity contribution in [3.8, 4) is 17.2 Å². The van der Waals surface area contributed by atoms with Crippen LogP contribution < -0.4 is 14.2 Å². The van der Waals surface area contributed by atoms with Crippen molar-refractivity contribution < 1.29 is 19.0 Å². The number of rotatable bonds is 4. The molecule has 0 unspecified atom stereocenters. The second-order valence-corrected chi connectivity index (χ2v) is 3.57. The molecule has 0 aliphatic heterocycles. The van der Waals surface area contributed by atoms with Gasteiger partial charge < -0.3 is 14.2 Å². The highest BCUT2D eigenvalue weighted by atomic mass is 16.5. The van der Waals surface area contributed by atoms with Crippen molar-refractivity contribution in [1.82, 2.24) is 4.98 Å². The summed E-state index contributed by atoms with van der Waals surface area (Å²) >= 11 is 0. The second kappa shape index (κ2) is 4.91. The van der Waals surface area contributed by atoms with Crippen LogP contribution in [-0.2, 0) is 0 Å². The van der Waals surface area contributed by atoms with Crippen molar-refractivity contribution in [1.29, 1.82) is 0 Å². The molecule has 0 N–H and O–H groups in total. The number of pyridine rings is 1. The number of aromatic nitrogens is 1. The Morgan fingerprint density at radius 3 is 2.33 bits per heavy atom. The van der Waals surface area contributed by atoms with Crippen LogP contribution in [0.15, 0.2) is 18.2 Å². The van der Waals surface area contributed by atoms with Crippen molar-refractivity contribution in [3.05, 3.63) is 23.9 Å². The van der Waals surface area contributed by atoms with Gasteiger partial charge >= 0.3 is 0 Å². The number of benzene rings is 1. The van der Waals surface area contributed by atoms with Crippen molar-refractivity contribution >= 4 is 17.2 Å². The molecule has 0 aliphatic carbocycles. The van der Waals surface area contributed by atoms with Gasteiger partial charge in [0.05, 0.1) is 21.3 Å². The number of ether oxygens (including phenoxy) is 3. The number of carbonyl (C=O) groups excluding carboxylic acids is 1. The summed E-state index contributed by atoms with van der Waals surface area (Å²) in [6, 6.07) is 5.22. The van der Waals surface area contributed by atoms with E-state index in [1.54, 1.807) is 25.3 Å². The summed E-state index contributed by atoms with van der Waals surface area (Å²) < 4.78 is 15.8. The summed E-state index contributed by atoms with van der Waals surface area (Å²) in [4.78, 5) is 15.0. The molecule has 18 heavy (non-hydrogen) atoms. The van der Waals surface area contributed by atoms with E-state index in [-0.39, 0.29) is 0 Å². The predicted octanol–water partition coefficient (Wildman–Crippen LogP) is 2.07. The Morgan fingerprint density at radius 2 is 1.78 bits per heavy atom. The fourth-order valence-corrected chi connectivity index (χ4v) is 1.81. The number of methoxy groups -OCH3 is 3. The fraction of sp³-hybridized carbons (Fsp3) is 0.231. The Hall–Kier alpha value is -2.30.